The monoisotopic (exact) mass is 856 g/mol. The topological polar surface area (TPSA) is 228 Å². The normalized spacial score (nSPS) is 28.7. The highest BCUT2D eigenvalue weighted by molar-refractivity contribution is 5.76. The molecule has 2 rings (SSSR count). The van der Waals surface area contributed by atoms with Crippen LogP contribution in [0.25, 0.3) is 0 Å². The summed E-state index contributed by atoms with van der Waals surface area (Å²) in [5, 5.41) is 86.3. The van der Waals surface area contributed by atoms with Crippen molar-refractivity contribution in [2.75, 3.05) is 19.8 Å². The summed E-state index contributed by atoms with van der Waals surface area (Å²) in [6.07, 6.45) is 20.2. The molecule has 0 aromatic heterocycles. The van der Waals surface area contributed by atoms with Crippen LogP contribution in [0.2, 0.25) is 0 Å². The summed E-state index contributed by atoms with van der Waals surface area (Å²) in [5.74, 6) is -0.269. The molecule has 14 heteroatoms. The van der Waals surface area contributed by atoms with Gasteiger partial charge in [-0.3, -0.25) is 4.79 Å². The number of allylic oxidation sites excluding steroid dienone is 7. The Morgan fingerprint density at radius 3 is 1.73 bits per heavy atom. The number of rotatable bonds is 33. The Labute approximate surface area is 359 Å². The van der Waals surface area contributed by atoms with Crippen molar-refractivity contribution < 1.29 is 64.6 Å². The number of hydrogen-bond acceptors (Lipinski definition) is 13. The van der Waals surface area contributed by atoms with E-state index in [-0.39, 0.29) is 18.9 Å². The van der Waals surface area contributed by atoms with Crippen LogP contribution in [0.4, 0.5) is 0 Å². The first-order chi connectivity index (χ1) is 29.1. The summed E-state index contributed by atoms with van der Waals surface area (Å²) in [6, 6.07) is -0.936. The molecule has 0 radical (unpaired) electrons. The predicted molar refractivity (Wildman–Crippen MR) is 231 cm³/mol. The molecule has 0 aliphatic carbocycles. The van der Waals surface area contributed by atoms with Crippen molar-refractivity contribution in [3.05, 3.63) is 48.6 Å². The van der Waals surface area contributed by atoms with Gasteiger partial charge >= 0.3 is 0 Å². The average Bonchev–Trinajstić information content (AvgIpc) is 3.24. The zero-order chi connectivity index (χ0) is 44.0. The fourth-order valence-corrected chi connectivity index (χ4v) is 7.16. The Morgan fingerprint density at radius 1 is 0.600 bits per heavy atom. The van der Waals surface area contributed by atoms with Gasteiger partial charge in [0.05, 0.1) is 32.0 Å². The van der Waals surface area contributed by atoms with Gasteiger partial charge in [0, 0.05) is 6.42 Å². The lowest BCUT2D eigenvalue weighted by atomic mass is 9.97. The lowest BCUT2D eigenvalue weighted by Gasteiger charge is -2.46. The SMILES string of the molecule is CCCCCC/C=C\C/C=C\CCCCCCCC(=O)NC(COC1OC(CO)C(OC2OC(CO)C(O)C(O)C2O)C(O)C1O)C(O)/C=C/CC/C=C/CCCCCC. The van der Waals surface area contributed by atoms with E-state index in [0.717, 1.165) is 64.2 Å². The van der Waals surface area contributed by atoms with Crippen LogP contribution < -0.4 is 5.32 Å². The molecule has 0 spiro atoms. The first-order valence-corrected chi connectivity index (χ1v) is 22.9. The Balaban J connectivity index is 1.90. The summed E-state index contributed by atoms with van der Waals surface area (Å²) < 4.78 is 22.6. The highest BCUT2D eigenvalue weighted by Gasteiger charge is 2.50. The van der Waals surface area contributed by atoms with Gasteiger partial charge in [-0.1, -0.05) is 120 Å². The maximum atomic E-state index is 13.1. The average molecular weight is 856 g/mol. The maximum absolute atomic E-state index is 13.1. The number of hydrogen-bond donors (Lipinski definition) is 9. The molecule has 2 saturated heterocycles. The van der Waals surface area contributed by atoms with Crippen molar-refractivity contribution in [1.29, 1.82) is 0 Å². The number of nitrogens with one attached hydrogen (secondary N) is 1. The quantitative estimate of drug-likeness (QED) is 0.0327. The van der Waals surface area contributed by atoms with E-state index in [1.165, 1.54) is 44.9 Å². The van der Waals surface area contributed by atoms with E-state index in [0.29, 0.717) is 12.8 Å². The van der Waals surface area contributed by atoms with Crippen LogP contribution in [0.15, 0.2) is 48.6 Å². The molecule has 0 aromatic carbocycles. The fourth-order valence-electron chi connectivity index (χ4n) is 7.16. The number of ether oxygens (including phenoxy) is 4. The predicted octanol–water partition coefficient (Wildman–Crippen LogP) is 4.54. The molecule has 60 heavy (non-hydrogen) atoms. The van der Waals surface area contributed by atoms with E-state index in [1.807, 2.05) is 6.08 Å². The zero-order valence-corrected chi connectivity index (χ0v) is 36.4. The van der Waals surface area contributed by atoms with Gasteiger partial charge in [-0.15, -0.1) is 0 Å². The van der Waals surface area contributed by atoms with Gasteiger partial charge in [-0.2, -0.15) is 0 Å². The highest BCUT2D eigenvalue weighted by Crippen LogP contribution is 2.30. The van der Waals surface area contributed by atoms with Crippen LogP contribution in [0, 0.1) is 0 Å². The van der Waals surface area contributed by atoms with Gasteiger partial charge in [0.1, 0.15) is 48.8 Å². The van der Waals surface area contributed by atoms with E-state index in [4.69, 9.17) is 18.9 Å². The van der Waals surface area contributed by atoms with Gasteiger partial charge in [-0.25, -0.2) is 0 Å². The minimum atomic E-state index is -1.79. The van der Waals surface area contributed by atoms with Crippen LogP contribution >= 0.6 is 0 Å². The Bertz CT molecular complexity index is 1200. The first-order valence-electron chi connectivity index (χ1n) is 22.9. The minimum Gasteiger partial charge on any atom is -0.394 e. The number of carbonyl (C=O) groups excluding carboxylic acids is 1. The summed E-state index contributed by atoms with van der Waals surface area (Å²) >= 11 is 0. The second-order valence-corrected chi connectivity index (χ2v) is 16.2. The van der Waals surface area contributed by atoms with Crippen molar-refractivity contribution in [3.63, 3.8) is 0 Å². The molecule has 2 aliphatic rings. The van der Waals surface area contributed by atoms with Gasteiger partial charge in [0.25, 0.3) is 0 Å². The second-order valence-electron chi connectivity index (χ2n) is 16.2. The van der Waals surface area contributed by atoms with Crippen molar-refractivity contribution in [2.24, 2.45) is 0 Å². The van der Waals surface area contributed by atoms with E-state index in [9.17, 15) is 45.6 Å². The third kappa shape index (κ3) is 21.4. The largest absolute Gasteiger partial charge is 0.394 e. The standard InChI is InChI=1S/C46H81NO13/c1-3-5-7-9-11-13-15-16-17-18-19-20-22-24-26-28-30-38(51)47-34(35(50)29-27-25-23-21-14-12-10-8-6-4-2)33-57-45-43(56)41(54)44(37(32-49)59-45)60-46-42(55)40(53)39(52)36(31-48)58-46/h13-15,17-18,21,27,29,34-37,39-46,48-50,52-56H,3-12,16,19-20,22-26,28,30-33H2,1-2H3,(H,47,51)/b15-13-,18-17-,21-14+,29-27+. The van der Waals surface area contributed by atoms with E-state index in [1.54, 1.807) is 6.08 Å². The zero-order valence-electron chi connectivity index (χ0n) is 36.4. The van der Waals surface area contributed by atoms with E-state index >= 15 is 0 Å². The molecule has 12 unspecified atom stereocenters. The van der Waals surface area contributed by atoms with Gasteiger partial charge in [0.15, 0.2) is 12.6 Å². The van der Waals surface area contributed by atoms with Crippen LogP contribution in [0.5, 0.6) is 0 Å². The lowest BCUT2D eigenvalue weighted by Crippen LogP contribution is -2.65. The molecule has 1 amide bonds. The summed E-state index contributed by atoms with van der Waals surface area (Å²) in [4.78, 5) is 13.1. The molecule has 9 N–H and O–H groups in total. The summed E-state index contributed by atoms with van der Waals surface area (Å²) in [5.41, 5.74) is 0. The van der Waals surface area contributed by atoms with Crippen LogP contribution in [0.3, 0.4) is 0 Å². The molecule has 2 heterocycles. The van der Waals surface area contributed by atoms with Gasteiger partial charge in [0.2, 0.25) is 5.91 Å². The molecule has 0 aromatic rings. The summed E-state index contributed by atoms with van der Waals surface area (Å²) in [6.45, 7) is 2.66. The molecule has 0 bridgehead atoms. The van der Waals surface area contributed by atoms with Crippen molar-refractivity contribution in [2.45, 2.75) is 216 Å². The Morgan fingerprint density at radius 2 is 1.12 bits per heavy atom. The number of carbonyl (C=O) groups is 1. The molecule has 2 aliphatic heterocycles. The third-order valence-electron chi connectivity index (χ3n) is 11.0. The van der Waals surface area contributed by atoms with Crippen LogP contribution in [0.1, 0.15) is 142 Å². The number of unbranched alkanes of at least 4 members (excludes halogenated alkanes) is 14. The van der Waals surface area contributed by atoms with Crippen LogP contribution in [-0.2, 0) is 23.7 Å². The molecular formula is C46H81NO13. The first kappa shape index (κ1) is 54.1. The van der Waals surface area contributed by atoms with Crippen molar-refractivity contribution in [1.82, 2.24) is 5.32 Å². The Kier molecular flexibility index (Phi) is 30.2. The smallest absolute Gasteiger partial charge is 0.220 e. The van der Waals surface area contributed by atoms with E-state index < -0.39 is 86.8 Å². The minimum absolute atomic E-state index is 0.255. The number of aliphatic hydroxyl groups excluding tert-OH is 8. The molecular weight excluding hydrogens is 774 g/mol. The van der Waals surface area contributed by atoms with E-state index in [2.05, 4.69) is 55.6 Å². The molecule has 348 valence electrons. The molecule has 12 atom stereocenters. The van der Waals surface area contributed by atoms with Crippen molar-refractivity contribution in [3.8, 4) is 0 Å². The number of amides is 1. The lowest BCUT2D eigenvalue weighted by molar-refractivity contribution is -0.359. The number of aliphatic hydroxyl groups is 8. The molecule has 0 saturated carbocycles. The molecule has 2 fully saturated rings. The summed E-state index contributed by atoms with van der Waals surface area (Å²) in [7, 11) is 0. The van der Waals surface area contributed by atoms with Crippen molar-refractivity contribution >= 4 is 5.91 Å². The molecule has 14 nitrogen and oxygen atoms in total. The van der Waals surface area contributed by atoms with Gasteiger partial charge < -0.3 is 65.1 Å². The fraction of sp³-hybridized carbons (Fsp3) is 0.804. The third-order valence-corrected chi connectivity index (χ3v) is 11.0. The second kappa shape index (κ2) is 33.5. The van der Waals surface area contributed by atoms with Crippen LogP contribution in [-0.4, -0.2) is 140 Å². The maximum Gasteiger partial charge on any atom is 0.220 e. The Hall–Kier alpha value is -2.05. The van der Waals surface area contributed by atoms with Gasteiger partial charge in [-0.05, 0) is 64.2 Å². The highest BCUT2D eigenvalue weighted by atomic mass is 16.7.